The van der Waals surface area contributed by atoms with E-state index in [0.717, 1.165) is 50.5 Å². The molecule has 1 aliphatic carbocycles. The Morgan fingerprint density at radius 3 is 2.42 bits per heavy atom. The fraction of sp³-hybridized carbons (Fsp3) is 0.462. The second-order valence-corrected chi connectivity index (χ2v) is 8.10. The Morgan fingerprint density at radius 2 is 1.74 bits per heavy atom. The minimum Gasteiger partial charge on any atom is -0.493 e. The summed E-state index contributed by atoms with van der Waals surface area (Å²) in [6, 6.07) is 15.2. The average molecular weight is 424 g/mol. The number of esters is 1. The maximum Gasteiger partial charge on any atom is 0.341 e. The van der Waals surface area contributed by atoms with Gasteiger partial charge in [0.1, 0.15) is 11.3 Å². The van der Waals surface area contributed by atoms with Crippen molar-refractivity contribution < 1.29 is 19.1 Å². The van der Waals surface area contributed by atoms with Crippen LogP contribution in [0.2, 0.25) is 0 Å². The van der Waals surface area contributed by atoms with E-state index in [0.29, 0.717) is 23.6 Å². The highest BCUT2D eigenvalue weighted by molar-refractivity contribution is 6.01. The standard InChI is InChI=1S/C26H33NO4/c1-3-5-18-31-23-15-14-21(19-22(23)24(28)30-4-2)27-25(29)26(16-10-7-11-17-26)20-12-8-6-9-13-20/h6,8-9,12-15,19H,3-5,7,10-11,16-18H2,1-2H3,(H,27,29). The molecule has 5 heteroatoms. The first kappa shape index (κ1) is 22.9. The minimum atomic E-state index is -0.542. The minimum absolute atomic E-state index is 0.0205. The van der Waals surface area contributed by atoms with Crippen LogP contribution >= 0.6 is 0 Å². The topological polar surface area (TPSA) is 64.6 Å². The molecule has 1 saturated carbocycles. The van der Waals surface area contributed by atoms with Crippen LogP contribution in [0.3, 0.4) is 0 Å². The summed E-state index contributed by atoms with van der Waals surface area (Å²) < 4.78 is 11.0. The first-order chi connectivity index (χ1) is 15.1. The van der Waals surface area contributed by atoms with Gasteiger partial charge in [-0.3, -0.25) is 4.79 Å². The quantitative estimate of drug-likeness (QED) is 0.404. The van der Waals surface area contributed by atoms with Gasteiger partial charge in [-0.1, -0.05) is 62.9 Å². The number of carbonyl (C=O) groups is 2. The highest BCUT2D eigenvalue weighted by Gasteiger charge is 2.41. The molecule has 1 aliphatic rings. The van der Waals surface area contributed by atoms with Gasteiger partial charge in [-0.05, 0) is 49.9 Å². The molecule has 0 radical (unpaired) electrons. The molecular weight excluding hydrogens is 390 g/mol. The van der Waals surface area contributed by atoms with E-state index in [-0.39, 0.29) is 12.5 Å². The number of benzene rings is 2. The van der Waals surface area contributed by atoms with Gasteiger partial charge in [-0.15, -0.1) is 0 Å². The lowest BCUT2D eigenvalue weighted by atomic mass is 9.68. The van der Waals surface area contributed by atoms with Crippen molar-refractivity contribution >= 4 is 17.6 Å². The van der Waals surface area contributed by atoms with Crippen LogP contribution in [0.5, 0.6) is 5.75 Å². The van der Waals surface area contributed by atoms with Crippen molar-refractivity contribution in [3.8, 4) is 5.75 Å². The van der Waals surface area contributed by atoms with E-state index in [9.17, 15) is 9.59 Å². The van der Waals surface area contributed by atoms with Gasteiger partial charge in [0, 0.05) is 5.69 Å². The molecule has 0 spiro atoms. The molecule has 0 atom stereocenters. The van der Waals surface area contributed by atoms with Gasteiger partial charge in [0.25, 0.3) is 0 Å². The molecule has 5 nitrogen and oxygen atoms in total. The van der Waals surface area contributed by atoms with Crippen LogP contribution in [0.4, 0.5) is 5.69 Å². The monoisotopic (exact) mass is 423 g/mol. The maximum atomic E-state index is 13.5. The normalized spacial score (nSPS) is 15.2. The lowest BCUT2D eigenvalue weighted by molar-refractivity contribution is -0.122. The molecule has 1 N–H and O–H groups in total. The summed E-state index contributed by atoms with van der Waals surface area (Å²) in [4.78, 5) is 26.0. The maximum absolute atomic E-state index is 13.5. The molecule has 0 heterocycles. The third kappa shape index (κ3) is 5.46. The van der Waals surface area contributed by atoms with E-state index < -0.39 is 11.4 Å². The van der Waals surface area contributed by atoms with E-state index >= 15 is 0 Å². The van der Waals surface area contributed by atoms with E-state index in [1.165, 1.54) is 0 Å². The SMILES string of the molecule is CCCCOc1ccc(NC(=O)C2(c3ccccc3)CCCCC2)cc1C(=O)OCC. The van der Waals surface area contributed by atoms with Gasteiger partial charge < -0.3 is 14.8 Å². The van der Waals surface area contributed by atoms with Gasteiger partial charge >= 0.3 is 5.97 Å². The van der Waals surface area contributed by atoms with Gasteiger partial charge in [0.2, 0.25) is 5.91 Å². The Morgan fingerprint density at radius 1 is 1.00 bits per heavy atom. The second-order valence-electron chi connectivity index (χ2n) is 8.10. The molecule has 0 aliphatic heterocycles. The molecule has 1 fully saturated rings. The summed E-state index contributed by atoms with van der Waals surface area (Å²) in [6.45, 7) is 4.67. The van der Waals surface area contributed by atoms with E-state index in [1.54, 1.807) is 25.1 Å². The first-order valence-corrected chi connectivity index (χ1v) is 11.4. The fourth-order valence-electron chi connectivity index (χ4n) is 4.24. The van der Waals surface area contributed by atoms with Crippen LogP contribution in [0, 0.1) is 0 Å². The number of nitrogens with one attached hydrogen (secondary N) is 1. The smallest absolute Gasteiger partial charge is 0.341 e. The van der Waals surface area contributed by atoms with Crippen molar-refractivity contribution in [3.63, 3.8) is 0 Å². The lowest BCUT2D eigenvalue weighted by Crippen LogP contribution is -2.42. The Balaban J connectivity index is 1.86. The van der Waals surface area contributed by atoms with Crippen molar-refractivity contribution in [2.75, 3.05) is 18.5 Å². The number of rotatable bonds is 9. The van der Waals surface area contributed by atoms with Crippen molar-refractivity contribution in [1.82, 2.24) is 0 Å². The third-order valence-corrected chi connectivity index (χ3v) is 5.96. The van der Waals surface area contributed by atoms with Crippen LogP contribution in [0.15, 0.2) is 48.5 Å². The van der Waals surface area contributed by atoms with Crippen molar-refractivity contribution in [2.24, 2.45) is 0 Å². The molecule has 0 unspecified atom stereocenters. The van der Waals surface area contributed by atoms with Gasteiger partial charge in [-0.2, -0.15) is 0 Å². The van der Waals surface area contributed by atoms with Crippen LogP contribution in [-0.4, -0.2) is 25.1 Å². The van der Waals surface area contributed by atoms with Crippen LogP contribution in [0.1, 0.15) is 74.7 Å². The van der Waals surface area contributed by atoms with Crippen molar-refractivity contribution in [3.05, 3.63) is 59.7 Å². The summed E-state index contributed by atoms with van der Waals surface area (Å²) >= 11 is 0. The molecule has 3 rings (SSSR count). The van der Waals surface area contributed by atoms with Gasteiger partial charge in [0.15, 0.2) is 0 Å². The number of unbranched alkanes of at least 4 members (excludes halogenated alkanes) is 1. The molecule has 31 heavy (non-hydrogen) atoms. The lowest BCUT2D eigenvalue weighted by Gasteiger charge is -2.36. The number of ether oxygens (including phenoxy) is 2. The number of carbonyl (C=O) groups excluding carboxylic acids is 2. The predicted molar refractivity (Wildman–Crippen MR) is 123 cm³/mol. The Bertz CT molecular complexity index is 872. The molecule has 1 amide bonds. The summed E-state index contributed by atoms with van der Waals surface area (Å²) in [5.74, 6) is 0.0220. The number of amides is 1. The number of hydrogen-bond acceptors (Lipinski definition) is 4. The highest BCUT2D eigenvalue weighted by Crippen LogP contribution is 2.40. The number of hydrogen-bond donors (Lipinski definition) is 1. The van der Waals surface area contributed by atoms with E-state index in [4.69, 9.17) is 9.47 Å². The molecule has 0 aromatic heterocycles. The van der Waals surface area contributed by atoms with Crippen LogP contribution < -0.4 is 10.1 Å². The van der Waals surface area contributed by atoms with Crippen LogP contribution in [0.25, 0.3) is 0 Å². The largest absolute Gasteiger partial charge is 0.493 e. The fourth-order valence-corrected chi connectivity index (χ4v) is 4.24. The summed E-state index contributed by atoms with van der Waals surface area (Å²) in [5, 5.41) is 3.08. The zero-order chi connectivity index (χ0) is 22.1. The Kier molecular flexibility index (Phi) is 8.10. The molecule has 2 aromatic rings. The second kappa shape index (κ2) is 11.0. The molecule has 2 aromatic carbocycles. The van der Waals surface area contributed by atoms with Crippen LogP contribution in [-0.2, 0) is 14.9 Å². The third-order valence-electron chi connectivity index (χ3n) is 5.96. The van der Waals surface area contributed by atoms with Gasteiger partial charge in [-0.25, -0.2) is 4.79 Å². The molecule has 0 bridgehead atoms. The zero-order valence-electron chi connectivity index (χ0n) is 18.6. The molecular formula is C26H33NO4. The predicted octanol–water partition coefficient (Wildman–Crippen LogP) is 5.88. The zero-order valence-corrected chi connectivity index (χ0v) is 18.6. The summed E-state index contributed by atoms with van der Waals surface area (Å²) in [7, 11) is 0. The molecule has 166 valence electrons. The first-order valence-electron chi connectivity index (χ1n) is 11.4. The van der Waals surface area contributed by atoms with E-state index in [1.807, 2.05) is 30.3 Å². The average Bonchev–Trinajstić information content (AvgIpc) is 2.81. The van der Waals surface area contributed by atoms with E-state index in [2.05, 4.69) is 12.2 Å². The van der Waals surface area contributed by atoms with Crippen molar-refractivity contribution in [1.29, 1.82) is 0 Å². The Labute approximate surface area is 185 Å². The van der Waals surface area contributed by atoms with Gasteiger partial charge in [0.05, 0.1) is 18.6 Å². The molecule has 0 saturated heterocycles. The van der Waals surface area contributed by atoms with Crippen molar-refractivity contribution in [2.45, 2.75) is 64.2 Å². The number of anilines is 1. The summed E-state index contributed by atoms with van der Waals surface area (Å²) in [5.41, 5.74) is 1.43. The Hall–Kier alpha value is -2.82. The highest BCUT2D eigenvalue weighted by atomic mass is 16.5. The summed E-state index contributed by atoms with van der Waals surface area (Å²) in [6.07, 6.45) is 6.77.